The van der Waals surface area contributed by atoms with Crippen molar-refractivity contribution in [3.8, 4) is 0 Å². The van der Waals surface area contributed by atoms with E-state index in [2.05, 4.69) is 0 Å². The molecule has 0 aromatic rings. The van der Waals surface area contributed by atoms with Crippen LogP contribution in [0.1, 0.15) is 88.5 Å². The molecule has 6 rings (SSSR count). The summed E-state index contributed by atoms with van der Waals surface area (Å²) in [6, 6.07) is 0. The van der Waals surface area contributed by atoms with Crippen LogP contribution in [0.2, 0.25) is 0 Å². The van der Waals surface area contributed by atoms with Gasteiger partial charge in [-0.05, 0) is 55.9 Å². The lowest BCUT2D eigenvalue weighted by Gasteiger charge is -2.73. The third-order valence-corrected chi connectivity index (χ3v) is 14.1. The fourth-order valence-corrected chi connectivity index (χ4v) is 12.5. The molecule has 0 amide bonds. The van der Waals surface area contributed by atoms with E-state index >= 15 is 0 Å². The molecule has 0 spiro atoms. The number of carbonyl (C=O) groups is 6. The van der Waals surface area contributed by atoms with E-state index in [9.17, 15) is 33.9 Å². The summed E-state index contributed by atoms with van der Waals surface area (Å²) in [4.78, 5) is 79.0. The van der Waals surface area contributed by atoms with E-state index in [-0.39, 0.29) is 25.4 Å². The summed E-state index contributed by atoms with van der Waals surface area (Å²) < 4.78 is 48.3. The van der Waals surface area contributed by atoms with Crippen LogP contribution in [-0.2, 0) is 66.7 Å². The molecule has 4 aliphatic carbocycles. The summed E-state index contributed by atoms with van der Waals surface area (Å²) in [7, 11) is 1.21. The average molecular weight is 749 g/mol. The van der Waals surface area contributed by atoms with Gasteiger partial charge >= 0.3 is 35.8 Å². The van der Waals surface area contributed by atoms with Crippen LogP contribution in [-0.4, -0.2) is 102 Å². The van der Waals surface area contributed by atoms with Crippen LogP contribution in [0.15, 0.2) is 11.8 Å². The van der Waals surface area contributed by atoms with Crippen LogP contribution in [0.3, 0.4) is 0 Å². The Bertz CT molecular complexity index is 1660. The lowest BCUT2D eigenvalue weighted by atomic mass is 9.32. The molecule has 0 radical (unpaired) electrons. The zero-order chi connectivity index (χ0) is 39.4. The van der Waals surface area contributed by atoms with E-state index in [0.29, 0.717) is 12.0 Å². The van der Waals surface area contributed by atoms with E-state index in [0.717, 1.165) is 0 Å². The number of ether oxygens (including phenoxy) is 8. The number of fused-ring (bicyclic) bond motifs is 9. The second kappa shape index (κ2) is 12.4. The van der Waals surface area contributed by atoms with Crippen molar-refractivity contribution < 1.29 is 71.8 Å². The Kier molecular flexibility index (Phi) is 9.12. The minimum atomic E-state index is -1.85. The van der Waals surface area contributed by atoms with Crippen molar-refractivity contribution in [3.63, 3.8) is 0 Å². The van der Waals surface area contributed by atoms with E-state index in [1.165, 1.54) is 41.7 Å². The van der Waals surface area contributed by atoms with Gasteiger partial charge in [0.1, 0.15) is 36.4 Å². The van der Waals surface area contributed by atoms with Gasteiger partial charge in [-0.1, -0.05) is 20.8 Å². The minimum Gasteiger partial charge on any atom is -0.500 e. The van der Waals surface area contributed by atoms with Gasteiger partial charge in [0.25, 0.3) is 0 Å². The lowest BCUT2D eigenvalue weighted by molar-refractivity contribution is -0.346. The lowest BCUT2D eigenvalue weighted by Crippen LogP contribution is -2.83. The summed E-state index contributed by atoms with van der Waals surface area (Å²) >= 11 is 0. The van der Waals surface area contributed by atoms with Gasteiger partial charge in [0.05, 0.1) is 24.4 Å². The smallest absolute Gasteiger partial charge is 0.341 e. The summed E-state index contributed by atoms with van der Waals surface area (Å²) in [5.41, 5.74) is -8.54. The molecule has 5 fully saturated rings. The maximum atomic E-state index is 13.9. The van der Waals surface area contributed by atoms with Gasteiger partial charge in [-0.2, -0.15) is 0 Å². The molecule has 2 heterocycles. The molecule has 15 atom stereocenters. The third-order valence-electron chi connectivity index (χ3n) is 14.1. The number of hydrogen-bond acceptors (Lipinski definition) is 15. The van der Waals surface area contributed by atoms with E-state index in [4.69, 9.17) is 37.9 Å². The highest BCUT2D eigenvalue weighted by Crippen LogP contribution is 2.79. The molecule has 1 saturated heterocycles. The SMILES string of the molecule is COC(=O)C12OC1C(C)CC1(O)C3CCC4(C)C5=COCC5([C@@H](C)OC(C)=O)C(OC(C)=O)C(OC(C)=O)C4C3(C)C(OC(C)=O)C(OC(C)=O)C12C. The number of aliphatic hydroxyl groups is 1. The molecular weight excluding hydrogens is 696 g/mol. The Morgan fingerprint density at radius 1 is 0.849 bits per heavy atom. The highest BCUT2D eigenvalue weighted by Gasteiger charge is 2.91. The molecular formula is C38H52O15. The van der Waals surface area contributed by atoms with Gasteiger partial charge in [0, 0.05) is 46.0 Å². The van der Waals surface area contributed by atoms with Gasteiger partial charge in [0.2, 0.25) is 5.60 Å². The Morgan fingerprint density at radius 2 is 1.42 bits per heavy atom. The predicted molar refractivity (Wildman–Crippen MR) is 179 cm³/mol. The number of carbonyl (C=O) groups excluding carboxylic acids is 6. The number of esters is 6. The van der Waals surface area contributed by atoms with Crippen LogP contribution < -0.4 is 0 Å². The molecule has 0 aromatic heterocycles. The first-order valence-electron chi connectivity index (χ1n) is 18.2. The van der Waals surface area contributed by atoms with Gasteiger partial charge in [-0.15, -0.1) is 0 Å². The molecule has 53 heavy (non-hydrogen) atoms. The minimum absolute atomic E-state index is 0.0850. The van der Waals surface area contributed by atoms with Crippen LogP contribution in [0.5, 0.6) is 0 Å². The van der Waals surface area contributed by atoms with E-state index in [1.54, 1.807) is 27.0 Å². The number of rotatable bonds is 7. The Hall–Kier alpha value is -3.72. The quantitative estimate of drug-likeness (QED) is 0.226. The van der Waals surface area contributed by atoms with Crippen molar-refractivity contribution in [2.75, 3.05) is 13.7 Å². The monoisotopic (exact) mass is 748 g/mol. The highest BCUT2D eigenvalue weighted by molar-refractivity contribution is 5.86. The molecule has 0 bridgehead atoms. The van der Waals surface area contributed by atoms with Crippen molar-refractivity contribution >= 4 is 35.8 Å². The molecule has 294 valence electrons. The maximum Gasteiger partial charge on any atom is 0.341 e. The van der Waals surface area contributed by atoms with Crippen LogP contribution in [0.4, 0.5) is 0 Å². The largest absolute Gasteiger partial charge is 0.500 e. The molecule has 2 aliphatic heterocycles. The van der Waals surface area contributed by atoms with Gasteiger partial charge in [-0.25, -0.2) is 4.79 Å². The molecule has 4 saturated carbocycles. The summed E-state index contributed by atoms with van der Waals surface area (Å²) in [6.07, 6.45) is -4.87. The Balaban J connectivity index is 1.68. The fraction of sp³-hybridized carbons (Fsp3) is 0.789. The first-order valence-corrected chi connectivity index (χ1v) is 18.2. The summed E-state index contributed by atoms with van der Waals surface area (Å²) in [6.45, 7) is 14.9. The van der Waals surface area contributed by atoms with Gasteiger partial charge in [-0.3, -0.25) is 24.0 Å². The van der Waals surface area contributed by atoms with Crippen molar-refractivity contribution in [2.24, 2.45) is 39.4 Å². The summed E-state index contributed by atoms with van der Waals surface area (Å²) in [5, 5.41) is 13.6. The normalized spacial score (nSPS) is 46.5. The molecule has 1 N–H and O–H groups in total. The average Bonchev–Trinajstić information content (AvgIpc) is 3.65. The van der Waals surface area contributed by atoms with Gasteiger partial charge < -0.3 is 43.0 Å². The Labute approximate surface area is 308 Å². The van der Waals surface area contributed by atoms with Crippen molar-refractivity contribution in [1.29, 1.82) is 0 Å². The third kappa shape index (κ3) is 4.90. The maximum absolute atomic E-state index is 13.9. The number of epoxide rings is 1. The molecule has 0 aromatic carbocycles. The first-order chi connectivity index (χ1) is 24.5. The van der Waals surface area contributed by atoms with E-state index < -0.39 is 117 Å². The van der Waals surface area contributed by atoms with Crippen LogP contribution in [0, 0.1) is 39.4 Å². The first kappa shape index (κ1) is 39.0. The second-order valence-electron chi connectivity index (χ2n) is 16.7. The van der Waals surface area contributed by atoms with E-state index in [1.807, 2.05) is 13.8 Å². The van der Waals surface area contributed by atoms with Crippen molar-refractivity contribution in [1.82, 2.24) is 0 Å². The van der Waals surface area contributed by atoms with Crippen molar-refractivity contribution in [3.05, 3.63) is 11.8 Å². The molecule has 14 unspecified atom stereocenters. The molecule has 6 aliphatic rings. The highest BCUT2D eigenvalue weighted by atomic mass is 16.7. The Morgan fingerprint density at radius 3 is 1.96 bits per heavy atom. The molecule has 15 nitrogen and oxygen atoms in total. The van der Waals surface area contributed by atoms with Crippen molar-refractivity contribution in [2.45, 2.75) is 136 Å². The predicted octanol–water partition coefficient (Wildman–Crippen LogP) is 2.72. The van der Waals surface area contributed by atoms with Crippen LogP contribution in [0.25, 0.3) is 0 Å². The topological polar surface area (TPSA) is 200 Å². The standard InChI is InChI=1S/C38H52O15/c1-17-14-37(45)24-12-13-33(8)25-15-47-16-36(25,18(2)48-19(3)39)29(50-21(5)41)26(49-20(4)40)27(33)34(24,9)30(51-22(6)42)31(52-23(7)43)35(37,10)38(28(17)53-38)32(44)46-11/h15,17-18,24,26-31,45H,12-14,16H2,1-11H3/t17?,18-,24?,26?,27?,28?,29?,30?,31?,33?,34?,35?,36?,37?,38?/m1/s1. The second-order valence-corrected chi connectivity index (χ2v) is 16.7. The fourth-order valence-electron chi connectivity index (χ4n) is 12.5. The van der Waals surface area contributed by atoms with Gasteiger partial charge in [0.15, 0.2) is 12.2 Å². The number of hydrogen-bond donors (Lipinski definition) is 1. The van der Waals surface area contributed by atoms with Crippen LogP contribution >= 0.6 is 0 Å². The zero-order valence-electron chi connectivity index (χ0n) is 32.3. The zero-order valence-corrected chi connectivity index (χ0v) is 32.3. The number of methoxy groups -OCH3 is 1. The molecule has 15 heteroatoms. The summed E-state index contributed by atoms with van der Waals surface area (Å²) in [5.74, 6) is -6.44.